The number of nitrogens with one attached hydrogen (secondary N) is 1. The van der Waals surface area contributed by atoms with Crippen molar-refractivity contribution in [3.8, 4) is 11.5 Å². The first-order valence-corrected chi connectivity index (χ1v) is 6.98. The maximum atomic E-state index is 12.3. The SMILES string of the molecule is COc1cc(OC)c(N)c(C(=O)NCC2CCOC2C)c1. The lowest BCUT2D eigenvalue weighted by Gasteiger charge is -2.16. The minimum absolute atomic E-state index is 0.169. The van der Waals surface area contributed by atoms with E-state index in [9.17, 15) is 4.79 Å². The zero-order valence-electron chi connectivity index (χ0n) is 12.6. The second-order valence-corrected chi connectivity index (χ2v) is 5.13. The summed E-state index contributed by atoms with van der Waals surface area (Å²) in [6.07, 6.45) is 1.13. The number of carbonyl (C=O) groups excluding carboxylic acids is 1. The van der Waals surface area contributed by atoms with Gasteiger partial charge in [0.25, 0.3) is 5.91 Å². The van der Waals surface area contributed by atoms with E-state index in [4.69, 9.17) is 19.9 Å². The van der Waals surface area contributed by atoms with E-state index < -0.39 is 0 Å². The molecular formula is C15H22N2O4. The molecule has 0 bridgehead atoms. The van der Waals surface area contributed by atoms with Crippen LogP contribution in [0, 0.1) is 5.92 Å². The molecule has 0 radical (unpaired) electrons. The van der Waals surface area contributed by atoms with Gasteiger partial charge in [0.05, 0.1) is 31.6 Å². The Morgan fingerprint density at radius 3 is 2.76 bits per heavy atom. The van der Waals surface area contributed by atoms with Gasteiger partial charge in [0.2, 0.25) is 0 Å². The molecular weight excluding hydrogens is 272 g/mol. The maximum absolute atomic E-state index is 12.3. The molecule has 0 aliphatic carbocycles. The highest BCUT2D eigenvalue weighted by molar-refractivity contribution is 6.00. The van der Waals surface area contributed by atoms with Crippen LogP contribution in [-0.2, 0) is 4.74 Å². The van der Waals surface area contributed by atoms with Crippen molar-refractivity contribution in [1.82, 2.24) is 5.32 Å². The topological polar surface area (TPSA) is 82.8 Å². The number of methoxy groups -OCH3 is 2. The van der Waals surface area contributed by atoms with Crippen molar-refractivity contribution in [3.05, 3.63) is 17.7 Å². The lowest BCUT2D eigenvalue weighted by Crippen LogP contribution is -2.32. The van der Waals surface area contributed by atoms with Crippen molar-refractivity contribution in [3.63, 3.8) is 0 Å². The van der Waals surface area contributed by atoms with Crippen LogP contribution in [0.5, 0.6) is 11.5 Å². The second-order valence-electron chi connectivity index (χ2n) is 5.13. The molecule has 1 amide bonds. The normalized spacial score (nSPS) is 21.1. The van der Waals surface area contributed by atoms with Crippen molar-refractivity contribution in [2.24, 2.45) is 5.92 Å². The summed E-state index contributed by atoms with van der Waals surface area (Å²) in [7, 11) is 3.04. The van der Waals surface area contributed by atoms with Crippen molar-refractivity contribution in [1.29, 1.82) is 0 Å². The predicted molar refractivity (Wildman–Crippen MR) is 79.8 cm³/mol. The van der Waals surface area contributed by atoms with Crippen molar-refractivity contribution in [2.45, 2.75) is 19.4 Å². The van der Waals surface area contributed by atoms with Crippen LogP contribution < -0.4 is 20.5 Å². The van der Waals surface area contributed by atoms with Crippen LogP contribution in [0.2, 0.25) is 0 Å². The molecule has 6 nitrogen and oxygen atoms in total. The van der Waals surface area contributed by atoms with Gasteiger partial charge in [-0.05, 0) is 19.4 Å². The molecule has 1 saturated heterocycles. The number of nitrogen functional groups attached to an aromatic ring is 1. The van der Waals surface area contributed by atoms with Gasteiger partial charge in [-0.3, -0.25) is 4.79 Å². The Bertz CT molecular complexity index is 519. The van der Waals surface area contributed by atoms with Crippen molar-refractivity contribution in [2.75, 3.05) is 33.1 Å². The van der Waals surface area contributed by atoms with Gasteiger partial charge in [-0.15, -0.1) is 0 Å². The van der Waals surface area contributed by atoms with Crippen LogP contribution in [0.1, 0.15) is 23.7 Å². The Kier molecular flexibility index (Phi) is 4.90. The van der Waals surface area contributed by atoms with E-state index in [1.54, 1.807) is 12.1 Å². The smallest absolute Gasteiger partial charge is 0.253 e. The lowest BCUT2D eigenvalue weighted by molar-refractivity contribution is 0.0907. The Balaban J connectivity index is 2.11. The van der Waals surface area contributed by atoms with E-state index in [1.165, 1.54) is 14.2 Å². The fourth-order valence-corrected chi connectivity index (χ4v) is 2.44. The second kappa shape index (κ2) is 6.67. The molecule has 1 aromatic carbocycles. The number of benzene rings is 1. The fraction of sp³-hybridized carbons (Fsp3) is 0.533. The molecule has 6 heteroatoms. The summed E-state index contributed by atoms with van der Waals surface area (Å²) < 4.78 is 15.8. The summed E-state index contributed by atoms with van der Waals surface area (Å²) in [4.78, 5) is 12.3. The zero-order valence-corrected chi connectivity index (χ0v) is 12.6. The monoisotopic (exact) mass is 294 g/mol. The van der Waals surface area contributed by atoms with Gasteiger partial charge in [-0.2, -0.15) is 0 Å². The van der Waals surface area contributed by atoms with Crippen molar-refractivity contribution >= 4 is 11.6 Å². The number of hydrogen-bond acceptors (Lipinski definition) is 5. The minimum Gasteiger partial charge on any atom is -0.497 e. The number of nitrogens with two attached hydrogens (primary N) is 1. The van der Waals surface area contributed by atoms with Gasteiger partial charge in [0, 0.05) is 25.1 Å². The molecule has 1 aliphatic heterocycles. The van der Waals surface area contributed by atoms with Gasteiger partial charge in [0.1, 0.15) is 11.5 Å². The lowest BCUT2D eigenvalue weighted by atomic mass is 10.0. The van der Waals surface area contributed by atoms with Gasteiger partial charge < -0.3 is 25.3 Å². The van der Waals surface area contributed by atoms with Gasteiger partial charge >= 0.3 is 0 Å². The number of carbonyl (C=O) groups is 1. The standard InChI is InChI=1S/C15H22N2O4/c1-9-10(4-5-21-9)8-17-15(18)12-6-11(19-2)7-13(20-3)14(12)16/h6-7,9-10H,4-5,8,16H2,1-3H3,(H,17,18). The summed E-state index contributed by atoms with van der Waals surface area (Å²) in [5, 5.41) is 2.90. The zero-order chi connectivity index (χ0) is 15.4. The Labute approximate surface area is 124 Å². The first-order valence-electron chi connectivity index (χ1n) is 6.98. The van der Waals surface area contributed by atoms with E-state index in [-0.39, 0.29) is 12.0 Å². The minimum atomic E-state index is -0.233. The molecule has 1 heterocycles. The van der Waals surface area contributed by atoms with E-state index in [0.717, 1.165) is 13.0 Å². The van der Waals surface area contributed by atoms with Gasteiger partial charge in [-0.1, -0.05) is 0 Å². The molecule has 1 aliphatic rings. The average molecular weight is 294 g/mol. The summed E-state index contributed by atoms with van der Waals surface area (Å²) >= 11 is 0. The van der Waals surface area contributed by atoms with Crippen LogP contribution in [0.4, 0.5) is 5.69 Å². The van der Waals surface area contributed by atoms with Gasteiger partial charge in [-0.25, -0.2) is 0 Å². The van der Waals surface area contributed by atoms with Crippen LogP contribution in [-0.4, -0.2) is 39.4 Å². The maximum Gasteiger partial charge on any atom is 0.253 e. The number of ether oxygens (including phenoxy) is 3. The summed E-state index contributed by atoms with van der Waals surface area (Å²) in [6, 6.07) is 3.26. The molecule has 0 spiro atoms. The molecule has 0 aromatic heterocycles. The Morgan fingerprint density at radius 2 is 2.19 bits per heavy atom. The Hall–Kier alpha value is -1.95. The third-order valence-electron chi connectivity index (χ3n) is 3.87. The molecule has 0 saturated carbocycles. The summed E-state index contributed by atoms with van der Waals surface area (Å²) in [5.41, 5.74) is 6.63. The largest absolute Gasteiger partial charge is 0.497 e. The molecule has 3 N–H and O–H groups in total. The quantitative estimate of drug-likeness (QED) is 0.803. The average Bonchev–Trinajstić information content (AvgIpc) is 2.90. The highest BCUT2D eigenvalue weighted by Gasteiger charge is 2.25. The number of hydrogen-bond donors (Lipinski definition) is 2. The summed E-state index contributed by atoms with van der Waals surface area (Å²) in [6.45, 7) is 3.34. The number of rotatable bonds is 5. The van der Waals surface area contributed by atoms with Crippen LogP contribution in [0.15, 0.2) is 12.1 Å². The van der Waals surface area contributed by atoms with Crippen LogP contribution in [0.3, 0.4) is 0 Å². The van der Waals surface area contributed by atoms with Crippen LogP contribution >= 0.6 is 0 Å². The third kappa shape index (κ3) is 3.39. The predicted octanol–water partition coefficient (Wildman–Crippen LogP) is 1.44. The summed E-state index contributed by atoms with van der Waals surface area (Å²) in [5.74, 6) is 1.06. The van der Waals surface area contributed by atoms with Crippen molar-refractivity contribution < 1.29 is 19.0 Å². The van der Waals surface area contributed by atoms with Gasteiger partial charge in [0.15, 0.2) is 0 Å². The molecule has 21 heavy (non-hydrogen) atoms. The molecule has 1 aromatic rings. The third-order valence-corrected chi connectivity index (χ3v) is 3.87. The van der Waals surface area contributed by atoms with E-state index in [2.05, 4.69) is 5.32 Å². The van der Waals surface area contributed by atoms with Crippen LogP contribution in [0.25, 0.3) is 0 Å². The number of amides is 1. The molecule has 2 atom stereocenters. The fourth-order valence-electron chi connectivity index (χ4n) is 2.44. The molecule has 2 rings (SSSR count). The molecule has 1 fully saturated rings. The number of anilines is 1. The Morgan fingerprint density at radius 1 is 1.43 bits per heavy atom. The first kappa shape index (κ1) is 15.4. The molecule has 116 valence electrons. The molecule has 2 unspecified atom stereocenters. The highest BCUT2D eigenvalue weighted by Crippen LogP contribution is 2.31. The van der Waals surface area contributed by atoms with E-state index >= 15 is 0 Å². The van der Waals surface area contributed by atoms with E-state index in [1.807, 2.05) is 6.92 Å². The first-order chi connectivity index (χ1) is 10.1. The highest BCUT2D eigenvalue weighted by atomic mass is 16.5. The van der Waals surface area contributed by atoms with E-state index in [0.29, 0.717) is 35.2 Å².